The van der Waals surface area contributed by atoms with Gasteiger partial charge in [0.05, 0.1) is 23.4 Å². The molecule has 43 heavy (non-hydrogen) atoms. The molecule has 0 unspecified atom stereocenters. The molecule has 5 rings (SSSR count). The van der Waals surface area contributed by atoms with Gasteiger partial charge in [-0.05, 0) is 74.2 Å². The third-order valence-corrected chi connectivity index (χ3v) is 7.76. The number of fused-ring (bicyclic) bond motifs is 1. The van der Waals surface area contributed by atoms with Gasteiger partial charge in [0.15, 0.2) is 0 Å². The first-order valence-electron chi connectivity index (χ1n) is 14.5. The molecule has 1 aliphatic heterocycles. The topological polar surface area (TPSA) is 87.6 Å². The first-order valence-corrected chi connectivity index (χ1v) is 14.5. The van der Waals surface area contributed by atoms with Gasteiger partial charge in [-0.1, -0.05) is 36.4 Å². The van der Waals surface area contributed by atoms with Crippen molar-refractivity contribution in [2.24, 2.45) is 0 Å². The predicted octanol–water partition coefficient (Wildman–Crippen LogP) is 4.77. The highest BCUT2D eigenvalue weighted by molar-refractivity contribution is 5.85. The van der Waals surface area contributed by atoms with Crippen molar-refractivity contribution < 1.29 is 13.9 Å². The lowest BCUT2D eigenvalue weighted by atomic mass is 10.0. The summed E-state index contributed by atoms with van der Waals surface area (Å²) in [6, 6.07) is 20.9. The molecular formula is C33H38ClFN4O4. The zero-order valence-corrected chi connectivity index (χ0v) is 25.3. The number of aromatic amines is 1. The molecule has 1 fully saturated rings. The van der Waals surface area contributed by atoms with Crippen molar-refractivity contribution in [1.29, 1.82) is 0 Å². The SMILES string of the molecule is CC(C)Oc1ccc(CC(=O)N(Cc2ccc(F)cc2)C2CCN(CCn3c(=O)[nH]c4ccccc4c3=O)CC2)cc1.Cl. The minimum Gasteiger partial charge on any atom is -0.491 e. The van der Waals surface area contributed by atoms with Gasteiger partial charge >= 0.3 is 5.69 Å². The molecule has 1 amide bonds. The van der Waals surface area contributed by atoms with Gasteiger partial charge in [-0.3, -0.25) is 14.2 Å². The van der Waals surface area contributed by atoms with E-state index in [1.165, 1.54) is 16.7 Å². The second-order valence-electron chi connectivity index (χ2n) is 11.1. The van der Waals surface area contributed by atoms with Crippen molar-refractivity contribution >= 4 is 29.2 Å². The number of nitrogens with zero attached hydrogens (tertiary/aromatic N) is 3. The molecule has 3 aromatic carbocycles. The van der Waals surface area contributed by atoms with E-state index in [1.54, 1.807) is 36.4 Å². The van der Waals surface area contributed by atoms with Crippen LogP contribution in [0.4, 0.5) is 4.39 Å². The van der Waals surface area contributed by atoms with Crippen LogP contribution in [0.15, 0.2) is 82.4 Å². The van der Waals surface area contributed by atoms with E-state index in [9.17, 15) is 18.8 Å². The van der Waals surface area contributed by atoms with Gasteiger partial charge in [0.1, 0.15) is 11.6 Å². The maximum Gasteiger partial charge on any atom is 0.328 e. The number of hydrogen-bond donors (Lipinski definition) is 1. The van der Waals surface area contributed by atoms with Crippen LogP contribution < -0.4 is 16.0 Å². The maximum absolute atomic E-state index is 13.7. The quantitative estimate of drug-likeness (QED) is 0.280. The first kappa shape index (κ1) is 32.0. The molecule has 0 saturated carbocycles. The molecule has 1 aromatic heterocycles. The third-order valence-electron chi connectivity index (χ3n) is 7.76. The standard InChI is InChI=1S/C33H37FN4O4.ClH/c1-23(2)42-28-13-9-24(10-14-28)21-31(39)38(22-25-7-11-26(34)12-8-25)27-15-17-36(18-16-27)19-20-37-32(40)29-5-3-4-6-30(29)35-33(37)41;/h3-14,23,27H,15-22H2,1-2H3,(H,35,41);1H. The van der Waals surface area contributed by atoms with Crippen LogP contribution in [-0.4, -0.2) is 57.0 Å². The lowest BCUT2D eigenvalue weighted by molar-refractivity contribution is -0.134. The fraction of sp³-hybridized carbons (Fsp3) is 0.364. The van der Waals surface area contributed by atoms with E-state index in [2.05, 4.69) is 9.88 Å². The Morgan fingerprint density at radius 1 is 0.953 bits per heavy atom. The van der Waals surface area contributed by atoms with Crippen LogP contribution in [-0.2, 0) is 24.3 Å². The molecule has 2 heterocycles. The number of halogens is 2. The second-order valence-corrected chi connectivity index (χ2v) is 11.1. The Bertz CT molecular complexity index is 1630. The number of aromatic nitrogens is 2. The Hall–Kier alpha value is -3.95. The van der Waals surface area contributed by atoms with Gasteiger partial charge in [-0.15, -0.1) is 12.4 Å². The number of carbonyl (C=O) groups is 1. The summed E-state index contributed by atoms with van der Waals surface area (Å²) in [5.41, 5.74) is 1.62. The monoisotopic (exact) mass is 608 g/mol. The van der Waals surface area contributed by atoms with Crippen LogP contribution in [0.25, 0.3) is 10.9 Å². The van der Waals surface area contributed by atoms with Gasteiger partial charge in [-0.2, -0.15) is 0 Å². The van der Waals surface area contributed by atoms with E-state index in [1.807, 2.05) is 43.0 Å². The summed E-state index contributed by atoms with van der Waals surface area (Å²) in [6.07, 6.45) is 1.86. The van der Waals surface area contributed by atoms with E-state index in [4.69, 9.17) is 4.74 Å². The molecule has 1 aliphatic rings. The number of benzene rings is 3. The summed E-state index contributed by atoms with van der Waals surface area (Å²) in [5, 5.41) is 0.493. The van der Waals surface area contributed by atoms with Gasteiger partial charge in [0.25, 0.3) is 5.56 Å². The van der Waals surface area contributed by atoms with Crippen molar-refractivity contribution in [3.63, 3.8) is 0 Å². The number of piperidine rings is 1. The largest absolute Gasteiger partial charge is 0.491 e. The van der Waals surface area contributed by atoms with Gasteiger partial charge in [-0.25, -0.2) is 9.18 Å². The van der Waals surface area contributed by atoms with Crippen molar-refractivity contribution in [3.05, 3.63) is 111 Å². The minimum absolute atomic E-state index is 0. The van der Waals surface area contributed by atoms with Crippen LogP contribution in [0.2, 0.25) is 0 Å². The second kappa shape index (κ2) is 14.5. The van der Waals surface area contributed by atoms with Crippen LogP contribution in [0.1, 0.15) is 37.8 Å². The molecule has 0 radical (unpaired) electrons. The highest BCUT2D eigenvalue weighted by Gasteiger charge is 2.28. The van der Waals surface area contributed by atoms with Gasteiger partial charge < -0.3 is 19.5 Å². The highest BCUT2D eigenvalue weighted by Crippen LogP contribution is 2.22. The minimum atomic E-state index is -0.409. The van der Waals surface area contributed by atoms with E-state index in [0.29, 0.717) is 30.5 Å². The average molecular weight is 609 g/mol. The Balaban J connectivity index is 0.00000423. The number of rotatable bonds is 10. The fourth-order valence-electron chi connectivity index (χ4n) is 5.54. The maximum atomic E-state index is 13.7. The molecule has 0 aliphatic carbocycles. The van der Waals surface area contributed by atoms with E-state index in [0.717, 1.165) is 42.8 Å². The normalized spacial score (nSPS) is 14.0. The molecule has 228 valence electrons. The summed E-state index contributed by atoms with van der Waals surface area (Å²) in [4.78, 5) is 46.1. The van der Waals surface area contributed by atoms with Crippen LogP contribution in [0.5, 0.6) is 5.75 Å². The number of hydrogen-bond acceptors (Lipinski definition) is 5. The van der Waals surface area contributed by atoms with E-state index >= 15 is 0 Å². The van der Waals surface area contributed by atoms with Crippen LogP contribution in [0, 0.1) is 5.82 Å². The molecule has 0 bridgehead atoms. The van der Waals surface area contributed by atoms with E-state index < -0.39 is 5.69 Å². The van der Waals surface area contributed by atoms with Crippen molar-refractivity contribution in [2.45, 2.75) is 58.3 Å². The zero-order valence-electron chi connectivity index (χ0n) is 24.5. The van der Waals surface area contributed by atoms with Crippen LogP contribution in [0.3, 0.4) is 0 Å². The number of likely N-dealkylation sites (tertiary alicyclic amines) is 1. The summed E-state index contributed by atoms with van der Waals surface area (Å²) < 4.78 is 20.5. The van der Waals surface area contributed by atoms with Gasteiger partial charge in [0, 0.05) is 38.8 Å². The number of carbonyl (C=O) groups excluding carboxylic acids is 1. The van der Waals surface area contributed by atoms with Crippen molar-refractivity contribution in [3.8, 4) is 5.75 Å². The van der Waals surface area contributed by atoms with Crippen molar-refractivity contribution in [2.75, 3.05) is 19.6 Å². The van der Waals surface area contributed by atoms with E-state index in [-0.39, 0.29) is 48.3 Å². The molecule has 0 atom stereocenters. The average Bonchev–Trinajstić information content (AvgIpc) is 2.98. The van der Waals surface area contributed by atoms with Crippen LogP contribution >= 0.6 is 12.4 Å². The summed E-state index contributed by atoms with van der Waals surface area (Å²) in [6.45, 7) is 6.67. The number of nitrogens with one attached hydrogen (secondary N) is 1. The summed E-state index contributed by atoms with van der Waals surface area (Å²) in [5.74, 6) is 0.479. The molecule has 8 nitrogen and oxygen atoms in total. The number of ether oxygens (including phenoxy) is 1. The molecular weight excluding hydrogens is 571 g/mol. The fourth-order valence-corrected chi connectivity index (χ4v) is 5.54. The molecule has 4 aromatic rings. The Morgan fingerprint density at radius 3 is 2.28 bits per heavy atom. The summed E-state index contributed by atoms with van der Waals surface area (Å²) in [7, 11) is 0. The lowest BCUT2D eigenvalue weighted by Gasteiger charge is -2.39. The van der Waals surface area contributed by atoms with Crippen molar-refractivity contribution in [1.82, 2.24) is 19.4 Å². The lowest BCUT2D eigenvalue weighted by Crippen LogP contribution is -2.48. The first-order chi connectivity index (χ1) is 20.3. The molecule has 1 N–H and O–H groups in total. The smallest absolute Gasteiger partial charge is 0.328 e. The zero-order chi connectivity index (χ0) is 29.6. The molecule has 1 saturated heterocycles. The Kier molecular flexibility index (Phi) is 10.8. The highest BCUT2D eigenvalue weighted by atomic mass is 35.5. The number of H-pyrrole nitrogens is 1. The molecule has 0 spiro atoms. The Labute approximate surface area is 256 Å². The molecule has 10 heteroatoms. The Morgan fingerprint density at radius 2 is 1.60 bits per heavy atom. The number of amides is 1. The summed E-state index contributed by atoms with van der Waals surface area (Å²) >= 11 is 0. The number of para-hydroxylation sites is 1. The van der Waals surface area contributed by atoms with Gasteiger partial charge in [0.2, 0.25) is 5.91 Å². The predicted molar refractivity (Wildman–Crippen MR) is 168 cm³/mol. The third kappa shape index (κ3) is 8.12.